The number of sulfonamides is 1. The van der Waals surface area contributed by atoms with Gasteiger partial charge in [0, 0.05) is 6.54 Å². The summed E-state index contributed by atoms with van der Waals surface area (Å²) < 4.78 is 25.2. The van der Waals surface area contributed by atoms with Crippen LogP contribution in [0.15, 0.2) is 42.5 Å². The second kappa shape index (κ2) is 9.44. The van der Waals surface area contributed by atoms with Crippen LogP contribution in [0.4, 0.5) is 5.69 Å². The summed E-state index contributed by atoms with van der Waals surface area (Å²) >= 11 is 11.8. The molecule has 0 saturated carbocycles. The lowest BCUT2D eigenvalue weighted by Crippen LogP contribution is -2.40. The Hall–Kier alpha value is -1.76. The highest BCUT2D eigenvalue weighted by Gasteiger charge is 2.21. The van der Waals surface area contributed by atoms with Gasteiger partial charge in [-0.3, -0.25) is 9.10 Å². The molecule has 146 valence electrons. The predicted molar refractivity (Wildman–Crippen MR) is 111 cm³/mol. The van der Waals surface area contributed by atoms with E-state index in [-0.39, 0.29) is 17.5 Å². The third kappa shape index (κ3) is 6.72. The number of nitrogens with one attached hydrogen (secondary N) is 1. The van der Waals surface area contributed by atoms with Crippen LogP contribution >= 0.6 is 23.2 Å². The molecule has 8 heteroatoms. The number of amides is 1. The van der Waals surface area contributed by atoms with Crippen molar-refractivity contribution >= 4 is 44.8 Å². The maximum absolute atomic E-state index is 12.2. The molecule has 0 heterocycles. The quantitative estimate of drug-likeness (QED) is 0.649. The van der Waals surface area contributed by atoms with E-state index in [1.54, 1.807) is 0 Å². The molecule has 0 bridgehead atoms. The van der Waals surface area contributed by atoms with Gasteiger partial charge in [-0.25, -0.2) is 8.42 Å². The molecule has 0 unspecified atom stereocenters. The molecule has 27 heavy (non-hydrogen) atoms. The average Bonchev–Trinajstić information content (AvgIpc) is 2.58. The number of rotatable bonds is 8. The molecule has 2 aromatic rings. The van der Waals surface area contributed by atoms with Gasteiger partial charge in [0.15, 0.2) is 0 Å². The van der Waals surface area contributed by atoms with Crippen molar-refractivity contribution in [3.63, 3.8) is 0 Å². The highest BCUT2D eigenvalue weighted by Crippen LogP contribution is 2.28. The summed E-state index contributed by atoms with van der Waals surface area (Å²) in [5.41, 5.74) is 2.70. The third-order valence-electron chi connectivity index (χ3n) is 3.93. The smallest absolute Gasteiger partial charge is 0.240 e. The lowest BCUT2D eigenvalue weighted by Gasteiger charge is -2.22. The first-order valence-electron chi connectivity index (χ1n) is 8.42. The summed E-state index contributed by atoms with van der Waals surface area (Å²) in [5.74, 6) is -0.379. The summed E-state index contributed by atoms with van der Waals surface area (Å²) in [5, 5.41) is 3.30. The van der Waals surface area contributed by atoms with Gasteiger partial charge in [0.2, 0.25) is 15.9 Å². The van der Waals surface area contributed by atoms with Crippen molar-refractivity contribution in [2.24, 2.45) is 0 Å². The minimum atomic E-state index is -3.65. The van der Waals surface area contributed by atoms with E-state index in [4.69, 9.17) is 23.2 Å². The van der Waals surface area contributed by atoms with E-state index < -0.39 is 10.0 Å². The van der Waals surface area contributed by atoms with Crippen molar-refractivity contribution in [1.82, 2.24) is 5.32 Å². The van der Waals surface area contributed by atoms with Crippen molar-refractivity contribution in [1.29, 1.82) is 0 Å². The summed E-state index contributed by atoms with van der Waals surface area (Å²) in [6.45, 7) is 2.18. The van der Waals surface area contributed by atoms with Crippen molar-refractivity contribution in [3.05, 3.63) is 63.6 Å². The zero-order valence-corrected chi connectivity index (χ0v) is 17.5. The second-order valence-electron chi connectivity index (χ2n) is 6.31. The lowest BCUT2D eigenvalue weighted by atomic mass is 10.1. The molecule has 0 aliphatic rings. The van der Waals surface area contributed by atoms with Crippen LogP contribution in [0.5, 0.6) is 0 Å². The fourth-order valence-corrected chi connectivity index (χ4v) is 3.76. The van der Waals surface area contributed by atoms with Crippen LogP contribution in [0.1, 0.15) is 17.5 Å². The van der Waals surface area contributed by atoms with Gasteiger partial charge in [-0.15, -0.1) is 0 Å². The van der Waals surface area contributed by atoms with E-state index in [0.717, 1.165) is 23.4 Å². The van der Waals surface area contributed by atoms with Crippen molar-refractivity contribution in [3.8, 4) is 0 Å². The van der Waals surface area contributed by atoms with Gasteiger partial charge in [-0.1, -0.05) is 53.0 Å². The fraction of sp³-hybridized carbons (Fsp3) is 0.316. The molecule has 0 aliphatic heterocycles. The Balaban J connectivity index is 1.93. The highest BCUT2D eigenvalue weighted by molar-refractivity contribution is 7.92. The van der Waals surface area contributed by atoms with E-state index in [0.29, 0.717) is 17.3 Å². The van der Waals surface area contributed by atoms with Gasteiger partial charge < -0.3 is 5.32 Å². The zero-order chi connectivity index (χ0) is 20.0. The Bertz CT molecular complexity index is 917. The van der Waals surface area contributed by atoms with E-state index >= 15 is 0 Å². The summed E-state index contributed by atoms with van der Waals surface area (Å²) in [6, 6.07) is 12.6. The van der Waals surface area contributed by atoms with Gasteiger partial charge in [-0.2, -0.15) is 0 Å². The first kappa shape index (κ1) is 21.5. The summed E-state index contributed by atoms with van der Waals surface area (Å²) in [7, 11) is -3.65. The molecule has 0 saturated heterocycles. The number of benzene rings is 2. The Morgan fingerprint density at radius 3 is 2.48 bits per heavy atom. The number of aryl methyl sites for hydroxylation is 2. The van der Waals surface area contributed by atoms with Crippen LogP contribution in [-0.4, -0.2) is 33.7 Å². The zero-order valence-electron chi connectivity index (χ0n) is 15.2. The summed E-state index contributed by atoms with van der Waals surface area (Å²) in [6.07, 6.45) is 2.64. The fourth-order valence-electron chi connectivity index (χ4n) is 2.61. The number of halogens is 2. The van der Waals surface area contributed by atoms with Crippen LogP contribution in [0.2, 0.25) is 10.0 Å². The van der Waals surface area contributed by atoms with Gasteiger partial charge >= 0.3 is 0 Å². The first-order valence-corrected chi connectivity index (χ1v) is 11.0. The van der Waals surface area contributed by atoms with E-state index in [1.807, 2.05) is 25.1 Å². The van der Waals surface area contributed by atoms with Gasteiger partial charge in [0.25, 0.3) is 0 Å². The van der Waals surface area contributed by atoms with Crippen molar-refractivity contribution in [2.75, 3.05) is 23.7 Å². The molecule has 2 aromatic carbocycles. The molecule has 1 N–H and O–H groups in total. The Morgan fingerprint density at radius 1 is 1.11 bits per heavy atom. The number of carbonyl (C=O) groups is 1. The molecule has 0 fully saturated rings. The molecule has 2 rings (SSSR count). The topological polar surface area (TPSA) is 66.5 Å². The first-order chi connectivity index (χ1) is 12.7. The Labute approximate surface area is 170 Å². The normalized spacial score (nSPS) is 11.3. The number of nitrogens with zero attached hydrogens (tertiary/aromatic N) is 1. The molecule has 0 spiro atoms. The summed E-state index contributed by atoms with van der Waals surface area (Å²) in [4.78, 5) is 12.2. The molecule has 0 radical (unpaired) electrons. The van der Waals surface area contributed by atoms with Crippen LogP contribution in [0, 0.1) is 6.92 Å². The monoisotopic (exact) mass is 428 g/mol. The highest BCUT2D eigenvalue weighted by atomic mass is 35.5. The molecule has 0 atom stereocenters. The minimum Gasteiger partial charge on any atom is -0.355 e. The maximum Gasteiger partial charge on any atom is 0.240 e. The average molecular weight is 429 g/mol. The molecular weight excluding hydrogens is 407 g/mol. The molecular formula is C19H22Cl2N2O3S. The number of carbonyl (C=O) groups excluding carboxylic acids is 1. The van der Waals surface area contributed by atoms with Gasteiger partial charge in [-0.05, 0) is 43.5 Å². The van der Waals surface area contributed by atoms with Gasteiger partial charge in [0.1, 0.15) is 6.54 Å². The van der Waals surface area contributed by atoms with Crippen LogP contribution in [0.25, 0.3) is 0 Å². The lowest BCUT2D eigenvalue weighted by molar-refractivity contribution is -0.119. The third-order valence-corrected chi connectivity index (χ3v) is 5.81. The van der Waals surface area contributed by atoms with E-state index in [2.05, 4.69) is 11.4 Å². The standard InChI is InChI=1S/C19H22Cl2N2O3S/c1-14-5-3-6-15(11-14)7-4-10-22-19(24)13-23(27(2,25)26)16-8-9-17(20)18(21)12-16/h3,5-6,8-9,11-12H,4,7,10,13H2,1-2H3,(H,22,24). The van der Waals surface area contributed by atoms with Gasteiger partial charge in [0.05, 0.1) is 22.0 Å². The molecule has 1 amide bonds. The Morgan fingerprint density at radius 2 is 1.85 bits per heavy atom. The largest absolute Gasteiger partial charge is 0.355 e. The molecule has 5 nitrogen and oxygen atoms in total. The number of anilines is 1. The van der Waals surface area contributed by atoms with Crippen LogP contribution < -0.4 is 9.62 Å². The van der Waals surface area contributed by atoms with Crippen molar-refractivity contribution in [2.45, 2.75) is 19.8 Å². The minimum absolute atomic E-state index is 0.223. The van der Waals surface area contributed by atoms with E-state index in [9.17, 15) is 13.2 Å². The second-order valence-corrected chi connectivity index (χ2v) is 9.03. The maximum atomic E-state index is 12.2. The molecule has 0 aliphatic carbocycles. The van der Waals surface area contributed by atoms with Crippen LogP contribution in [-0.2, 0) is 21.2 Å². The SMILES string of the molecule is Cc1cccc(CCCNC(=O)CN(c2ccc(Cl)c(Cl)c2)S(C)(=O)=O)c1. The number of hydrogen-bond acceptors (Lipinski definition) is 3. The van der Waals surface area contributed by atoms with Crippen molar-refractivity contribution < 1.29 is 13.2 Å². The Kier molecular flexibility index (Phi) is 7.53. The predicted octanol–water partition coefficient (Wildman–Crippen LogP) is 3.82. The van der Waals surface area contributed by atoms with E-state index in [1.165, 1.54) is 29.3 Å². The molecule has 0 aromatic heterocycles. The number of hydrogen-bond donors (Lipinski definition) is 1. The van der Waals surface area contributed by atoms with Crippen LogP contribution in [0.3, 0.4) is 0 Å².